The lowest BCUT2D eigenvalue weighted by atomic mass is 9.97. The SMILES string of the molecule is CC(C)N(C)CCCCNC(=O)NCCC1=CCCCC1. The highest BCUT2D eigenvalue weighted by atomic mass is 16.2. The molecule has 1 rings (SSSR count). The molecule has 0 bridgehead atoms. The van der Waals surface area contributed by atoms with Gasteiger partial charge in [0.05, 0.1) is 0 Å². The first-order valence-electron chi connectivity index (χ1n) is 8.49. The average Bonchev–Trinajstić information content (AvgIpc) is 2.47. The molecule has 1 aliphatic rings. The van der Waals surface area contributed by atoms with E-state index < -0.39 is 0 Å². The van der Waals surface area contributed by atoms with E-state index >= 15 is 0 Å². The van der Waals surface area contributed by atoms with Crippen LogP contribution < -0.4 is 10.6 Å². The monoisotopic (exact) mass is 295 g/mol. The number of nitrogens with zero attached hydrogens (tertiary/aromatic N) is 1. The Bertz CT molecular complexity index is 326. The maximum absolute atomic E-state index is 11.6. The number of carbonyl (C=O) groups is 1. The maximum Gasteiger partial charge on any atom is 0.314 e. The Morgan fingerprint density at radius 3 is 2.67 bits per heavy atom. The van der Waals surface area contributed by atoms with Gasteiger partial charge in [-0.15, -0.1) is 0 Å². The minimum Gasteiger partial charge on any atom is -0.338 e. The molecular weight excluding hydrogens is 262 g/mol. The van der Waals surface area contributed by atoms with Crippen LogP contribution in [0.25, 0.3) is 0 Å². The molecule has 4 heteroatoms. The normalized spacial score (nSPS) is 15.2. The zero-order valence-electron chi connectivity index (χ0n) is 14.1. The van der Waals surface area contributed by atoms with Gasteiger partial charge in [0.25, 0.3) is 0 Å². The second kappa shape index (κ2) is 10.7. The van der Waals surface area contributed by atoms with E-state index in [1.165, 1.54) is 31.3 Å². The zero-order valence-corrected chi connectivity index (χ0v) is 14.1. The summed E-state index contributed by atoms with van der Waals surface area (Å²) in [4.78, 5) is 14.0. The Morgan fingerprint density at radius 1 is 1.24 bits per heavy atom. The Kier molecular flexibility index (Phi) is 9.15. The Hall–Kier alpha value is -1.03. The van der Waals surface area contributed by atoms with E-state index in [9.17, 15) is 4.79 Å². The molecule has 0 radical (unpaired) electrons. The molecule has 21 heavy (non-hydrogen) atoms. The van der Waals surface area contributed by atoms with E-state index in [1.807, 2.05) is 0 Å². The van der Waals surface area contributed by atoms with Crippen molar-refractivity contribution in [1.82, 2.24) is 15.5 Å². The summed E-state index contributed by atoms with van der Waals surface area (Å²) < 4.78 is 0. The molecule has 0 heterocycles. The molecule has 0 aromatic carbocycles. The number of nitrogens with one attached hydrogen (secondary N) is 2. The van der Waals surface area contributed by atoms with Crippen molar-refractivity contribution in [3.8, 4) is 0 Å². The highest BCUT2D eigenvalue weighted by Crippen LogP contribution is 2.19. The summed E-state index contributed by atoms with van der Waals surface area (Å²) in [6, 6.07) is 0.568. The molecule has 0 atom stereocenters. The van der Waals surface area contributed by atoms with Crippen molar-refractivity contribution in [3.05, 3.63) is 11.6 Å². The van der Waals surface area contributed by atoms with Crippen LogP contribution >= 0.6 is 0 Å². The first-order valence-corrected chi connectivity index (χ1v) is 8.49. The minimum atomic E-state index is -0.0244. The third kappa shape index (κ3) is 8.76. The fourth-order valence-electron chi connectivity index (χ4n) is 2.48. The molecule has 0 unspecified atom stereocenters. The van der Waals surface area contributed by atoms with E-state index in [2.05, 4.69) is 42.5 Å². The van der Waals surface area contributed by atoms with Gasteiger partial charge in [0, 0.05) is 19.1 Å². The molecule has 122 valence electrons. The number of carbonyl (C=O) groups excluding carboxylic acids is 1. The van der Waals surface area contributed by atoms with Crippen LogP contribution in [0.4, 0.5) is 4.79 Å². The van der Waals surface area contributed by atoms with Crippen LogP contribution in [0.5, 0.6) is 0 Å². The highest BCUT2D eigenvalue weighted by molar-refractivity contribution is 5.73. The number of hydrogen-bond acceptors (Lipinski definition) is 2. The van der Waals surface area contributed by atoms with E-state index in [0.29, 0.717) is 6.04 Å². The van der Waals surface area contributed by atoms with Crippen molar-refractivity contribution in [3.63, 3.8) is 0 Å². The highest BCUT2D eigenvalue weighted by Gasteiger charge is 2.05. The van der Waals surface area contributed by atoms with Gasteiger partial charge in [0.1, 0.15) is 0 Å². The lowest BCUT2D eigenvalue weighted by Gasteiger charge is -2.20. The third-order valence-corrected chi connectivity index (χ3v) is 4.22. The van der Waals surface area contributed by atoms with Gasteiger partial charge in [-0.3, -0.25) is 0 Å². The van der Waals surface area contributed by atoms with E-state index in [-0.39, 0.29) is 6.03 Å². The third-order valence-electron chi connectivity index (χ3n) is 4.22. The first-order chi connectivity index (χ1) is 10.1. The molecule has 0 aliphatic heterocycles. The van der Waals surface area contributed by atoms with Crippen molar-refractivity contribution in [2.75, 3.05) is 26.7 Å². The van der Waals surface area contributed by atoms with Crippen LogP contribution in [0.15, 0.2) is 11.6 Å². The second-order valence-corrected chi connectivity index (χ2v) is 6.32. The average molecular weight is 295 g/mol. The molecule has 0 aromatic rings. The van der Waals surface area contributed by atoms with Gasteiger partial charge in [-0.1, -0.05) is 11.6 Å². The van der Waals surface area contributed by atoms with Gasteiger partial charge in [-0.05, 0) is 72.4 Å². The van der Waals surface area contributed by atoms with Crippen molar-refractivity contribution in [2.45, 2.75) is 64.8 Å². The Balaban J connectivity index is 1.95. The zero-order chi connectivity index (χ0) is 15.5. The van der Waals surface area contributed by atoms with Crippen LogP contribution in [0.1, 0.15) is 58.8 Å². The van der Waals surface area contributed by atoms with Crippen molar-refractivity contribution in [1.29, 1.82) is 0 Å². The number of rotatable bonds is 9. The predicted molar refractivity (Wildman–Crippen MR) is 89.6 cm³/mol. The summed E-state index contributed by atoms with van der Waals surface area (Å²) in [5.41, 5.74) is 1.51. The summed E-state index contributed by atoms with van der Waals surface area (Å²) in [7, 11) is 2.14. The summed E-state index contributed by atoms with van der Waals surface area (Å²) in [5.74, 6) is 0. The molecule has 0 saturated heterocycles. The second-order valence-electron chi connectivity index (χ2n) is 6.32. The molecular formula is C17H33N3O. The minimum absolute atomic E-state index is 0.0244. The standard InChI is InChI=1S/C17H33N3O/c1-15(2)20(3)14-8-7-12-18-17(21)19-13-11-16-9-5-4-6-10-16/h9,15H,4-8,10-14H2,1-3H3,(H2,18,19,21). The molecule has 1 aliphatic carbocycles. The molecule has 4 nitrogen and oxygen atoms in total. The van der Waals surface area contributed by atoms with E-state index in [1.54, 1.807) is 0 Å². The van der Waals surface area contributed by atoms with Crippen molar-refractivity contribution in [2.24, 2.45) is 0 Å². The van der Waals surface area contributed by atoms with Gasteiger partial charge in [0.2, 0.25) is 0 Å². The Morgan fingerprint density at radius 2 is 2.00 bits per heavy atom. The first kappa shape index (κ1) is 18.0. The molecule has 0 aromatic heterocycles. The number of hydrogen-bond donors (Lipinski definition) is 2. The van der Waals surface area contributed by atoms with Gasteiger partial charge in [-0.2, -0.15) is 0 Å². The lowest BCUT2D eigenvalue weighted by molar-refractivity contribution is 0.239. The summed E-state index contributed by atoms with van der Waals surface area (Å²) in [6.07, 6.45) is 10.6. The molecule has 2 amide bonds. The molecule has 0 spiro atoms. The van der Waals surface area contributed by atoms with Gasteiger partial charge < -0.3 is 15.5 Å². The number of unbranched alkanes of at least 4 members (excludes halogenated alkanes) is 1. The van der Waals surface area contributed by atoms with Gasteiger partial charge in [0.15, 0.2) is 0 Å². The van der Waals surface area contributed by atoms with Crippen LogP contribution in [-0.4, -0.2) is 43.7 Å². The maximum atomic E-state index is 11.6. The van der Waals surface area contributed by atoms with E-state index in [4.69, 9.17) is 0 Å². The fourth-order valence-corrected chi connectivity index (χ4v) is 2.48. The quantitative estimate of drug-likeness (QED) is 0.506. The van der Waals surface area contributed by atoms with Gasteiger partial charge >= 0.3 is 6.03 Å². The number of amides is 2. The van der Waals surface area contributed by atoms with Crippen LogP contribution in [0, 0.1) is 0 Å². The van der Waals surface area contributed by atoms with Crippen molar-refractivity contribution < 1.29 is 4.79 Å². The topological polar surface area (TPSA) is 44.4 Å². The van der Waals surface area contributed by atoms with Crippen LogP contribution in [0.3, 0.4) is 0 Å². The van der Waals surface area contributed by atoms with E-state index in [0.717, 1.165) is 38.9 Å². The van der Waals surface area contributed by atoms with Crippen LogP contribution in [-0.2, 0) is 0 Å². The molecule has 2 N–H and O–H groups in total. The predicted octanol–water partition coefficient (Wildman–Crippen LogP) is 3.30. The lowest BCUT2D eigenvalue weighted by Crippen LogP contribution is -2.37. The van der Waals surface area contributed by atoms with Crippen molar-refractivity contribution >= 4 is 6.03 Å². The largest absolute Gasteiger partial charge is 0.338 e. The Labute approximate surface area is 130 Å². The van der Waals surface area contributed by atoms with Gasteiger partial charge in [-0.25, -0.2) is 4.79 Å². The number of allylic oxidation sites excluding steroid dienone is 1. The number of urea groups is 1. The molecule has 0 saturated carbocycles. The molecule has 0 fully saturated rings. The summed E-state index contributed by atoms with van der Waals surface area (Å²) >= 11 is 0. The fraction of sp³-hybridized carbons (Fsp3) is 0.824. The summed E-state index contributed by atoms with van der Waals surface area (Å²) in [5, 5.41) is 5.88. The summed E-state index contributed by atoms with van der Waals surface area (Å²) in [6.45, 7) is 7.02. The smallest absolute Gasteiger partial charge is 0.314 e. The van der Waals surface area contributed by atoms with Crippen LogP contribution in [0.2, 0.25) is 0 Å².